The fourth-order valence-electron chi connectivity index (χ4n) is 1.35. The number of thioether (sulfide) groups is 2. The number of nitrogens with one attached hydrogen (secondary N) is 1. The van der Waals surface area contributed by atoms with Crippen LogP contribution >= 0.6 is 34.9 Å². The summed E-state index contributed by atoms with van der Waals surface area (Å²) in [6.07, 6.45) is 5.04. The molecule has 0 aromatic carbocycles. The van der Waals surface area contributed by atoms with Gasteiger partial charge in [0.2, 0.25) is 0 Å². The minimum atomic E-state index is 0.879. The third kappa shape index (κ3) is 4.67. The SMILES string of the molecule is CCCNc1ccc(CSc2nnc(SC)s2)cn1. The lowest BCUT2D eigenvalue weighted by atomic mass is 10.3. The second kappa shape index (κ2) is 7.72. The van der Waals surface area contributed by atoms with E-state index in [1.165, 1.54) is 5.56 Å². The number of nitrogens with zero attached hydrogens (tertiary/aromatic N) is 3. The molecule has 0 aliphatic rings. The summed E-state index contributed by atoms with van der Waals surface area (Å²) >= 11 is 4.97. The molecular formula is C12H16N4S3. The smallest absolute Gasteiger partial charge is 0.175 e. The van der Waals surface area contributed by atoms with E-state index in [4.69, 9.17) is 0 Å². The molecule has 0 aliphatic heterocycles. The highest BCUT2D eigenvalue weighted by Crippen LogP contribution is 2.29. The van der Waals surface area contributed by atoms with E-state index in [9.17, 15) is 0 Å². The summed E-state index contributed by atoms with van der Waals surface area (Å²) in [6.45, 7) is 3.10. The van der Waals surface area contributed by atoms with Gasteiger partial charge in [0.05, 0.1) is 0 Å². The van der Waals surface area contributed by atoms with E-state index >= 15 is 0 Å². The van der Waals surface area contributed by atoms with Gasteiger partial charge >= 0.3 is 0 Å². The second-order valence-electron chi connectivity index (χ2n) is 3.81. The Hall–Kier alpha value is -0.790. The van der Waals surface area contributed by atoms with E-state index in [-0.39, 0.29) is 0 Å². The number of hydrogen-bond donors (Lipinski definition) is 1. The monoisotopic (exact) mass is 312 g/mol. The minimum absolute atomic E-state index is 0.879. The fraction of sp³-hybridized carbons (Fsp3) is 0.417. The Balaban J connectivity index is 1.85. The largest absolute Gasteiger partial charge is 0.370 e. The molecule has 19 heavy (non-hydrogen) atoms. The molecule has 102 valence electrons. The van der Waals surface area contributed by atoms with Gasteiger partial charge in [-0.05, 0) is 24.3 Å². The van der Waals surface area contributed by atoms with E-state index in [1.807, 2.05) is 18.5 Å². The molecule has 0 fully saturated rings. The molecule has 0 saturated heterocycles. The zero-order valence-electron chi connectivity index (χ0n) is 10.9. The van der Waals surface area contributed by atoms with Gasteiger partial charge in [-0.3, -0.25) is 0 Å². The summed E-state index contributed by atoms with van der Waals surface area (Å²) < 4.78 is 2.03. The number of aromatic nitrogens is 3. The zero-order chi connectivity index (χ0) is 13.5. The lowest BCUT2D eigenvalue weighted by molar-refractivity contribution is 0.955. The van der Waals surface area contributed by atoms with E-state index in [0.717, 1.165) is 33.2 Å². The summed E-state index contributed by atoms with van der Waals surface area (Å²) in [7, 11) is 0. The van der Waals surface area contributed by atoms with Crippen LogP contribution in [0.4, 0.5) is 5.82 Å². The van der Waals surface area contributed by atoms with Crippen molar-refractivity contribution in [2.24, 2.45) is 0 Å². The predicted molar refractivity (Wildman–Crippen MR) is 84.3 cm³/mol. The molecular weight excluding hydrogens is 296 g/mol. The van der Waals surface area contributed by atoms with Crippen LogP contribution in [0.3, 0.4) is 0 Å². The molecule has 1 N–H and O–H groups in total. The van der Waals surface area contributed by atoms with E-state index in [2.05, 4.69) is 33.5 Å². The number of rotatable bonds is 7. The number of anilines is 1. The first-order chi connectivity index (χ1) is 9.31. The van der Waals surface area contributed by atoms with Gasteiger partial charge in [0.1, 0.15) is 5.82 Å². The highest BCUT2D eigenvalue weighted by atomic mass is 32.2. The number of pyridine rings is 1. The Morgan fingerprint density at radius 3 is 2.74 bits per heavy atom. The van der Waals surface area contributed by atoms with Gasteiger partial charge in [-0.15, -0.1) is 10.2 Å². The molecule has 2 aromatic rings. The Labute approximate surface area is 125 Å². The van der Waals surface area contributed by atoms with E-state index < -0.39 is 0 Å². The lowest BCUT2D eigenvalue weighted by Crippen LogP contribution is -2.01. The van der Waals surface area contributed by atoms with Gasteiger partial charge in [-0.1, -0.05) is 47.9 Å². The van der Waals surface area contributed by atoms with E-state index in [1.54, 1.807) is 34.9 Å². The van der Waals surface area contributed by atoms with Crippen molar-refractivity contribution in [2.75, 3.05) is 18.1 Å². The molecule has 0 radical (unpaired) electrons. The maximum Gasteiger partial charge on any atom is 0.175 e. The Morgan fingerprint density at radius 1 is 1.26 bits per heavy atom. The maximum atomic E-state index is 4.39. The first-order valence-corrected chi connectivity index (χ1v) is 9.03. The van der Waals surface area contributed by atoms with Crippen LogP contribution in [0.25, 0.3) is 0 Å². The van der Waals surface area contributed by atoms with Gasteiger partial charge in [0, 0.05) is 18.5 Å². The minimum Gasteiger partial charge on any atom is -0.370 e. The number of hydrogen-bond acceptors (Lipinski definition) is 7. The lowest BCUT2D eigenvalue weighted by Gasteiger charge is -2.04. The Kier molecular flexibility index (Phi) is 5.93. The molecule has 2 rings (SSSR count). The van der Waals surface area contributed by atoms with Gasteiger partial charge in [0.15, 0.2) is 8.68 Å². The van der Waals surface area contributed by atoms with Crippen LogP contribution in [0.5, 0.6) is 0 Å². The molecule has 0 spiro atoms. The summed E-state index contributed by atoms with van der Waals surface area (Å²) in [5, 5.41) is 11.5. The summed E-state index contributed by atoms with van der Waals surface area (Å²) in [4.78, 5) is 4.39. The summed E-state index contributed by atoms with van der Waals surface area (Å²) in [5.41, 5.74) is 1.20. The van der Waals surface area contributed by atoms with E-state index in [0.29, 0.717) is 0 Å². The summed E-state index contributed by atoms with van der Waals surface area (Å²) in [5.74, 6) is 1.82. The van der Waals surface area contributed by atoms with Crippen LogP contribution < -0.4 is 5.32 Å². The van der Waals surface area contributed by atoms with Gasteiger partial charge < -0.3 is 5.32 Å². The molecule has 0 bridgehead atoms. The Bertz CT molecular complexity index is 498. The molecule has 0 aliphatic carbocycles. The highest BCUT2D eigenvalue weighted by molar-refractivity contribution is 8.02. The average molecular weight is 312 g/mol. The van der Waals surface area contributed by atoms with Crippen LogP contribution in [0.2, 0.25) is 0 Å². The van der Waals surface area contributed by atoms with Crippen LogP contribution in [0, 0.1) is 0 Å². The maximum absolute atomic E-state index is 4.39. The molecule has 0 saturated carbocycles. The van der Waals surface area contributed by atoms with Crippen LogP contribution in [-0.2, 0) is 5.75 Å². The first kappa shape index (κ1) is 14.6. The molecule has 2 heterocycles. The predicted octanol–water partition coefficient (Wildman–Crippen LogP) is 3.77. The standard InChI is InChI=1S/C12H16N4S3/c1-3-6-13-10-5-4-9(7-14-10)8-18-12-16-15-11(17-2)19-12/h4-5,7H,3,6,8H2,1-2H3,(H,13,14). The van der Waals surface area contributed by atoms with Crippen molar-refractivity contribution in [3.05, 3.63) is 23.9 Å². The second-order valence-corrected chi connectivity index (χ2v) is 7.06. The quantitative estimate of drug-likeness (QED) is 0.785. The summed E-state index contributed by atoms with van der Waals surface area (Å²) in [6, 6.07) is 4.13. The molecule has 0 amide bonds. The normalized spacial score (nSPS) is 10.6. The molecule has 2 aromatic heterocycles. The van der Waals surface area contributed by atoms with Crippen molar-refractivity contribution in [2.45, 2.75) is 27.8 Å². The van der Waals surface area contributed by atoms with Crippen molar-refractivity contribution >= 4 is 40.7 Å². The van der Waals surface area contributed by atoms with Crippen molar-refractivity contribution in [3.8, 4) is 0 Å². The van der Waals surface area contributed by atoms with Crippen molar-refractivity contribution in [1.29, 1.82) is 0 Å². The van der Waals surface area contributed by atoms with Gasteiger partial charge in [-0.25, -0.2) is 4.98 Å². The van der Waals surface area contributed by atoms with Crippen molar-refractivity contribution in [3.63, 3.8) is 0 Å². The molecule has 0 atom stereocenters. The van der Waals surface area contributed by atoms with Crippen molar-refractivity contribution < 1.29 is 0 Å². The highest BCUT2D eigenvalue weighted by Gasteiger charge is 2.04. The van der Waals surface area contributed by atoms with Crippen molar-refractivity contribution in [1.82, 2.24) is 15.2 Å². The third-order valence-electron chi connectivity index (χ3n) is 2.31. The topological polar surface area (TPSA) is 50.7 Å². The molecule has 4 nitrogen and oxygen atoms in total. The molecule has 0 unspecified atom stereocenters. The first-order valence-electron chi connectivity index (χ1n) is 6.01. The Morgan fingerprint density at radius 2 is 2.11 bits per heavy atom. The average Bonchev–Trinajstić information content (AvgIpc) is 2.92. The fourth-order valence-corrected chi connectivity index (χ4v) is 3.72. The third-order valence-corrected chi connectivity index (χ3v) is 5.41. The molecule has 7 heteroatoms. The van der Waals surface area contributed by atoms with Crippen LogP contribution in [-0.4, -0.2) is 28.0 Å². The van der Waals surface area contributed by atoms with Gasteiger partial charge in [0.25, 0.3) is 0 Å². The van der Waals surface area contributed by atoms with Crippen LogP contribution in [0.1, 0.15) is 18.9 Å². The zero-order valence-corrected chi connectivity index (χ0v) is 13.4. The van der Waals surface area contributed by atoms with Gasteiger partial charge in [-0.2, -0.15) is 0 Å². The van der Waals surface area contributed by atoms with Crippen LogP contribution in [0.15, 0.2) is 27.0 Å².